The molecule has 2 aromatic heterocycles. The van der Waals surface area contributed by atoms with Gasteiger partial charge in [-0.3, -0.25) is 10.1 Å². The Labute approximate surface area is 121 Å². The minimum absolute atomic E-state index is 0.540. The lowest BCUT2D eigenvalue weighted by atomic mass is 10.1. The molecule has 0 aliphatic rings. The zero-order valence-corrected chi connectivity index (χ0v) is 12.4. The molecule has 108 valence electrons. The van der Waals surface area contributed by atoms with E-state index in [1.54, 1.807) is 6.20 Å². The van der Waals surface area contributed by atoms with E-state index in [9.17, 15) is 0 Å². The molecule has 4 nitrogen and oxygen atoms in total. The molecule has 0 bridgehead atoms. The van der Waals surface area contributed by atoms with Gasteiger partial charge in [0, 0.05) is 36.1 Å². The first-order valence-corrected chi connectivity index (χ1v) is 7.47. The van der Waals surface area contributed by atoms with Gasteiger partial charge in [0.2, 0.25) is 0 Å². The average Bonchev–Trinajstić information content (AvgIpc) is 2.95. The molecule has 20 heavy (non-hydrogen) atoms. The van der Waals surface area contributed by atoms with Crippen molar-refractivity contribution >= 4 is 0 Å². The monoisotopic (exact) mass is 272 g/mol. The van der Waals surface area contributed by atoms with Crippen LogP contribution in [0, 0.1) is 0 Å². The molecule has 0 saturated heterocycles. The second-order valence-electron chi connectivity index (χ2n) is 5.29. The lowest BCUT2D eigenvalue weighted by molar-refractivity contribution is 0.487. The van der Waals surface area contributed by atoms with Crippen LogP contribution in [0.3, 0.4) is 0 Å². The summed E-state index contributed by atoms with van der Waals surface area (Å²) in [7, 11) is 0. The van der Waals surface area contributed by atoms with Crippen molar-refractivity contribution in [1.29, 1.82) is 0 Å². The Bertz CT molecular complexity index is 492. The Balaban J connectivity index is 1.90. The molecule has 0 saturated carbocycles. The van der Waals surface area contributed by atoms with Crippen molar-refractivity contribution < 1.29 is 0 Å². The number of aromatic nitrogens is 3. The third-order valence-corrected chi connectivity index (χ3v) is 3.55. The molecule has 0 aliphatic carbocycles. The standard InChI is InChI=1S/C16H24N4/c1-3-4-5-7-13(2)18-11-15-12-19-20-16(15)14-8-6-9-17-10-14/h6,8-10,12-13,18H,3-5,7,11H2,1-2H3,(H,19,20). The zero-order chi connectivity index (χ0) is 14.2. The van der Waals surface area contributed by atoms with Crippen molar-refractivity contribution in [2.24, 2.45) is 0 Å². The maximum absolute atomic E-state index is 4.16. The average molecular weight is 272 g/mol. The van der Waals surface area contributed by atoms with Crippen LogP contribution in [0.4, 0.5) is 0 Å². The van der Waals surface area contributed by atoms with Crippen molar-refractivity contribution in [3.63, 3.8) is 0 Å². The summed E-state index contributed by atoms with van der Waals surface area (Å²) in [5.74, 6) is 0. The van der Waals surface area contributed by atoms with Gasteiger partial charge in [0.15, 0.2) is 0 Å². The third-order valence-electron chi connectivity index (χ3n) is 3.55. The molecule has 4 heteroatoms. The van der Waals surface area contributed by atoms with E-state index in [-0.39, 0.29) is 0 Å². The molecule has 2 N–H and O–H groups in total. The van der Waals surface area contributed by atoms with Gasteiger partial charge in [-0.1, -0.05) is 26.2 Å². The summed E-state index contributed by atoms with van der Waals surface area (Å²) < 4.78 is 0. The molecule has 0 radical (unpaired) electrons. The fraction of sp³-hybridized carbons (Fsp3) is 0.500. The summed E-state index contributed by atoms with van der Waals surface area (Å²) in [5.41, 5.74) is 3.34. The first kappa shape index (κ1) is 14.7. The summed E-state index contributed by atoms with van der Waals surface area (Å²) in [4.78, 5) is 4.16. The predicted molar refractivity (Wildman–Crippen MR) is 82.3 cm³/mol. The lowest BCUT2D eigenvalue weighted by Gasteiger charge is -2.13. The highest BCUT2D eigenvalue weighted by Crippen LogP contribution is 2.19. The first-order valence-electron chi connectivity index (χ1n) is 7.47. The molecule has 2 rings (SSSR count). The van der Waals surface area contributed by atoms with Gasteiger partial charge < -0.3 is 5.32 Å². The van der Waals surface area contributed by atoms with Crippen molar-refractivity contribution in [2.45, 2.75) is 52.1 Å². The molecule has 0 fully saturated rings. The largest absolute Gasteiger partial charge is 0.310 e. The van der Waals surface area contributed by atoms with E-state index in [1.165, 1.54) is 31.2 Å². The fourth-order valence-electron chi connectivity index (χ4n) is 2.29. The molecular formula is C16H24N4. The SMILES string of the molecule is CCCCCC(C)NCc1cn[nH]c1-c1cccnc1. The van der Waals surface area contributed by atoms with Crippen molar-refractivity contribution in [1.82, 2.24) is 20.5 Å². The van der Waals surface area contributed by atoms with Crippen LogP contribution in [0.15, 0.2) is 30.7 Å². The smallest absolute Gasteiger partial charge is 0.0710 e. The summed E-state index contributed by atoms with van der Waals surface area (Å²) in [6.07, 6.45) is 10.7. The summed E-state index contributed by atoms with van der Waals surface area (Å²) in [6, 6.07) is 4.54. The second-order valence-corrected chi connectivity index (χ2v) is 5.29. The maximum Gasteiger partial charge on any atom is 0.0710 e. The van der Waals surface area contributed by atoms with Crippen molar-refractivity contribution in [3.05, 3.63) is 36.3 Å². The van der Waals surface area contributed by atoms with Gasteiger partial charge in [0.25, 0.3) is 0 Å². The second kappa shape index (κ2) is 7.80. The van der Waals surface area contributed by atoms with Gasteiger partial charge in [0.05, 0.1) is 11.9 Å². The molecule has 0 aromatic carbocycles. The van der Waals surface area contributed by atoms with Gasteiger partial charge in [0.1, 0.15) is 0 Å². The van der Waals surface area contributed by atoms with Crippen LogP contribution in [0.2, 0.25) is 0 Å². The number of nitrogens with zero attached hydrogens (tertiary/aromatic N) is 2. The number of unbranched alkanes of at least 4 members (excludes halogenated alkanes) is 2. The highest BCUT2D eigenvalue weighted by molar-refractivity contribution is 5.61. The molecule has 0 spiro atoms. The highest BCUT2D eigenvalue weighted by Gasteiger charge is 2.09. The van der Waals surface area contributed by atoms with Crippen molar-refractivity contribution in [2.75, 3.05) is 0 Å². The molecular weight excluding hydrogens is 248 g/mol. The number of rotatable bonds is 8. The minimum atomic E-state index is 0.540. The third kappa shape index (κ3) is 4.17. The number of aromatic amines is 1. The number of nitrogens with one attached hydrogen (secondary N) is 2. The molecule has 1 atom stereocenters. The Morgan fingerprint density at radius 1 is 1.30 bits per heavy atom. The van der Waals surface area contributed by atoms with Crippen LogP contribution in [-0.4, -0.2) is 21.2 Å². The molecule has 2 aromatic rings. The normalized spacial score (nSPS) is 12.5. The number of hydrogen-bond acceptors (Lipinski definition) is 3. The van der Waals surface area contributed by atoms with E-state index in [1.807, 2.05) is 18.5 Å². The van der Waals surface area contributed by atoms with E-state index in [0.717, 1.165) is 17.8 Å². The quantitative estimate of drug-likeness (QED) is 0.723. The Morgan fingerprint density at radius 2 is 2.20 bits per heavy atom. The molecule has 0 aliphatic heterocycles. The van der Waals surface area contributed by atoms with E-state index in [0.29, 0.717) is 6.04 Å². The molecule has 2 heterocycles. The number of hydrogen-bond donors (Lipinski definition) is 2. The fourth-order valence-corrected chi connectivity index (χ4v) is 2.29. The summed E-state index contributed by atoms with van der Waals surface area (Å²) in [5, 5.41) is 10.8. The van der Waals surface area contributed by atoms with Crippen LogP contribution < -0.4 is 5.32 Å². The van der Waals surface area contributed by atoms with Gasteiger partial charge >= 0.3 is 0 Å². The molecule has 1 unspecified atom stereocenters. The van der Waals surface area contributed by atoms with Gasteiger partial charge in [-0.25, -0.2) is 0 Å². The summed E-state index contributed by atoms with van der Waals surface area (Å²) in [6.45, 7) is 5.33. The topological polar surface area (TPSA) is 53.6 Å². The van der Waals surface area contributed by atoms with Gasteiger partial charge in [-0.2, -0.15) is 5.10 Å². The minimum Gasteiger partial charge on any atom is -0.310 e. The maximum atomic E-state index is 4.16. The lowest BCUT2D eigenvalue weighted by Crippen LogP contribution is -2.25. The predicted octanol–water partition coefficient (Wildman–Crippen LogP) is 3.53. The highest BCUT2D eigenvalue weighted by atomic mass is 15.1. The number of H-pyrrole nitrogens is 1. The summed E-state index contributed by atoms with van der Waals surface area (Å²) >= 11 is 0. The van der Waals surface area contributed by atoms with E-state index in [2.05, 4.69) is 40.4 Å². The van der Waals surface area contributed by atoms with E-state index >= 15 is 0 Å². The Morgan fingerprint density at radius 3 is 2.95 bits per heavy atom. The van der Waals surface area contributed by atoms with Crippen LogP contribution in [0.1, 0.15) is 45.1 Å². The number of pyridine rings is 1. The Hall–Kier alpha value is -1.68. The van der Waals surface area contributed by atoms with Crippen molar-refractivity contribution in [3.8, 4) is 11.3 Å². The van der Waals surface area contributed by atoms with Crippen LogP contribution in [0.5, 0.6) is 0 Å². The Kier molecular flexibility index (Phi) is 5.74. The van der Waals surface area contributed by atoms with Crippen LogP contribution >= 0.6 is 0 Å². The van der Waals surface area contributed by atoms with E-state index < -0.39 is 0 Å². The van der Waals surface area contributed by atoms with Crippen LogP contribution in [-0.2, 0) is 6.54 Å². The zero-order valence-electron chi connectivity index (χ0n) is 12.4. The molecule has 0 amide bonds. The van der Waals surface area contributed by atoms with Crippen LogP contribution in [0.25, 0.3) is 11.3 Å². The van der Waals surface area contributed by atoms with E-state index in [4.69, 9.17) is 0 Å². The van der Waals surface area contributed by atoms with Gasteiger partial charge in [-0.15, -0.1) is 0 Å². The van der Waals surface area contributed by atoms with Gasteiger partial charge in [-0.05, 0) is 25.5 Å². The first-order chi connectivity index (χ1) is 9.81.